The van der Waals surface area contributed by atoms with Crippen molar-refractivity contribution in [3.8, 4) is 17.0 Å². The van der Waals surface area contributed by atoms with E-state index < -0.39 is 17.5 Å². The average Bonchev–Trinajstić information content (AvgIpc) is 3.20. The van der Waals surface area contributed by atoms with Crippen LogP contribution in [0, 0.1) is 0 Å². The Morgan fingerprint density at radius 2 is 2.07 bits per heavy atom. The van der Waals surface area contributed by atoms with Crippen molar-refractivity contribution in [2.24, 2.45) is 0 Å². The van der Waals surface area contributed by atoms with Crippen LogP contribution >= 0.6 is 0 Å². The molecule has 0 spiro atoms. The van der Waals surface area contributed by atoms with Crippen molar-refractivity contribution in [3.05, 3.63) is 36.3 Å². The lowest BCUT2D eigenvalue weighted by molar-refractivity contribution is -0.137. The number of ether oxygens (including phenoxy) is 1. The summed E-state index contributed by atoms with van der Waals surface area (Å²) in [5.74, 6) is -0.0724. The number of benzene rings is 1. The zero-order valence-corrected chi connectivity index (χ0v) is 15.5. The highest BCUT2D eigenvalue weighted by atomic mass is 19.4. The van der Waals surface area contributed by atoms with E-state index in [0.717, 1.165) is 25.5 Å². The van der Waals surface area contributed by atoms with Crippen molar-refractivity contribution in [2.75, 3.05) is 18.5 Å². The molecule has 160 valence electrons. The van der Waals surface area contributed by atoms with Crippen LogP contribution in [0.3, 0.4) is 0 Å². The van der Waals surface area contributed by atoms with Crippen LogP contribution in [0.4, 0.5) is 19.1 Å². The summed E-state index contributed by atoms with van der Waals surface area (Å²) in [4.78, 5) is 12.4. The molecule has 0 saturated carbocycles. The molecule has 3 N–H and O–H groups in total. The number of hydrogen-bond acceptors (Lipinski definition) is 7. The summed E-state index contributed by atoms with van der Waals surface area (Å²) >= 11 is 0. The molecule has 0 amide bonds. The third kappa shape index (κ3) is 4.59. The first-order valence-electron chi connectivity index (χ1n) is 8.86. The monoisotopic (exact) mass is 425 g/mol. The normalized spacial score (nSPS) is 16.6. The molecule has 0 radical (unpaired) electrons. The van der Waals surface area contributed by atoms with Gasteiger partial charge in [-0.05, 0) is 31.0 Å². The van der Waals surface area contributed by atoms with E-state index in [9.17, 15) is 18.3 Å². The smallest absolute Gasteiger partial charge is 0.416 e. The van der Waals surface area contributed by atoms with Crippen molar-refractivity contribution in [2.45, 2.75) is 25.1 Å². The Labute approximate surface area is 168 Å². The molecule has 0 aliphatic carbocycles. The first-order chi connectivity index (χ1) is 14.3. The minimum Gasteiger partial charge on any atom is -0.507 e. The van der Waals surface area contributed by atoms with Gasteiger partial charge in [-0.15, -0.1) is 10.2 Å². The highest BCUT2D eigenvalue weighted by Crippen LogP contribution is 2.37. The molecule has 1 atom stereocenters. The van der Waals surface area contributed by atoms with Crippen molar-refractivity contribution in [1.82, 2.24) is 19.6 Å². The van der Waals surface area contributed by atoms with Gasteiger partial charge in [-0.25, -0.2) is 4.98 Å². The number of nitrogens with one attached hydrogen (secondary N) is 1. The lowest BCUT2D eigenvalue weighted by atomic mass is 10.1. The fourth-order valence-electron chi connectivity index (χ4n) is 3.07. The number of carbonyl (C=O) groups is 1. The number of anilines is 1. The third-order valence-electron chi connectivity index (χ3n) is 4.43. The number of alkyl halides is 3. The summed E-state index contributed by atoms with van der Waals surface area (Å²) in [6.45, 7) is 1.04. The predicted octanol–water partition coefficient (Wildman–Crippen LogP) is 2.81. The molecule has 2 aromatic heterocycles. The van der Waals surface area contributed by atoms with Gasteiger partial charge < -0.3 is 20.3 Å². The Bertz CT molecular complexity index is 1020. The number of rotatable bonds is 3. The van der Waals surface area contributed by atoms with E-state index >= 15 is 0 Å². The van der Waals surface area contributed by atoms with Crippen LogP contribution in [0.1, 0.15) is 18.4 Å². The summed E-state index contributed by atoms with van der Waals surface area (Å²) in [5, 5.41) is 28.5. The number of carboxylic acid groups (broad SMARTS) is 1. The highest BCUT2D eigenvalue weighted by Gasteiger charge is 2.31. The lowest BCUT2D eigenvalue weighted by Gasteiger charge is -2.23. The van der Waals surface area contributed by atoms with Crippen LogP contribution in [-0.2, 0) is 15.7 Å². The molecule has 1 aliphatic heterocycles. The van der Waals surface area contributed by atoms with E-state index in [2.05, 4.69) is 20.5 Å². The molecule has 1 aliphatic rings. The Morgan fingerprint density at radius 3 is 2.70 bits per heavy atom. The summed E-state index contributed by atoms with van der Waals surface area (Å²) in [6, 6.07) is 2.84. The van der Waals surface area contributed by atoms with Gasteiger partial charge in [0.1, 0.15) is 17.8 Å². The van der Waals surface area contributed by atoms with E-state index in [0.29, 0.717) is 24.1 Å². The first-order valence-corrected chi connectivity index (χ1v) is 8.86. The maximum atomic E-state index is 12.8. The molecule has 1 aromatic carbocycles. The van der Waals surface area contributed by atoms with Crippen molar-refractivity contribution >= 4 is 17.9 Å². The Kier molecular flexibility index (Phi) is 6.35. The molecule has 30 heavy (non-hydrogen) atoms. The second-order valence-corrected chi connectivity index (χ2v) is 6.41. The fraction of sp³-hybridized carbons (Fsp3) is 0.333. The standard InChI is InChI=1S/C17H16F3N5O2.CH2O2/c18-17(19,20)10-3-4-12(14(26)6-10)15-13-7-21-9-25(13)16(24-23-15)22-11-2-1-5-27-8-11;2-1-3/h3-4,6-7,9,11,26H,1-2,5,8H2,(H,22,24);1H,(H,2,3)/t11-;/m1./s1. The van der Waals surface area contributed by atoms with Crippen LogP contribution in [0.25, 0.3) is 16.8 Å². The van der Waals surface area contributed by atoms with Gasteiger partial charge in [-0.1, -0.05) is 0 Å². The lowest BCUT2D eigenvalue weighted by Crippen LogP contribution is -2.31. The van der Waals surface area contributed by atoms with Crippen LogP contribution in [0.15, 0.2) is 30.7 Å². The molecule has 12 heteroatoms. The average molecular weight is 425 g/mol. The minimum atomic E-state index is -4.54. The SMILES string of the molecule is O=CO.Oc1cc(C(F)(F)F)ccc1-c1nnc(N[C@@H]2CCCOC2)n2cncc12. The zero-order chi connectivity index (χ0) is 21.7. The summed E-state index contributed by atoms with van der Waals surface area (Å²) in [7, 11) is 0. The molecule has 9 nitrogen and oxygen atoms in total. The maximum absolute atomic E-state index is 12.8. The first kappa shape index (κ1) is 21.3. The van der Waals surface area contributed by atoms with E-state index in [4.69, 9.17) is 14.6 Å². The zero-order valence-electron chi connectivity index (χ0n) is 15.5. The highest BCUT2D eigenvalue weighted by molar-refractivity contribution is 5.80. The molecule has 1 saturated heterocycles. The quantitative estimate of drug-likeness (QED) is 0.548. The van der Waals surface area contributed by atoms with Crippen LogP contribution in [0.5, 0.6) is 5.75 Å². The number of aromatic hydroxyl groups is 1. The molecule has 0 unspecified atom stereocenters. The molecular formula is C18H18F3N5O4. The van der Waals surface area contributed by atoms with E-state index in [-0.39, 0.29) is 23.8 Å². The summed E-state index contributed by atoms with van der Waals surface area (Å²) < 4.78 is 45.5. The third-order valence-corrected chi connectivity index (χ3v) is 4.43. The Morgan fingerprint density at radius 1 is 1.30 bits per heavy atom. The number of halogens is 3. The van der Waals surface area contributed by atoms with Crippen LogP contribution in [-0.4, -0.2) is 55.5 Å². The topological polar surface area (TPSA) is 122 Å². The number of aromatic nitrogens is 4. The van der Waals surface area contributed by atoms with Gasteiger partial charge in [-0.3, -0.25) is 9.20 Å². The van der Waals surface area contributed by atoms with Crippen molar-refractivity contribution in [1.29, 1.82) is 0 Å². The molecule has 4 rings (SSSR count). The van der Waals surface area contributed by atoms with Crippen molar-refractivity contribution in [3.63, 3.8) is 0 Å². The second-order valence-electron chi connectivity index (χ2n) is 6.41. The van der Waals surface area contributed by atoms with Crippen LogP contribution < -0.4 is 5.32 Å². The van der Waals surface area contributed by atoms with E-state index in [1.807, 2.05) is 0 Å². The minimum absolute atomic E-state index is 0.0870. The molecule has 3 aromatic rings. The fourth-order valence-corrected chi connectivity index (χ4v) is 3.07. The molecule has 0 bridgehead atoms. The van der Waals surface area contributed by atoms with E-state index in [1.165, 1.54) is 18.6 Å². The number of phenols is 1. The van der Waals surface area contributed by atoms with Gasteiger partial charge in [-0.2, -0.15) is 13.2 Å². The Balaban J connectivity index is 0.000000806. The van der Waals surface area contributed by atoms with Gasteiger partial charge in [0.25, 0.3) is 6.47 Å². The van der Waals surface area contributed by atoms with Crippen molar-refractivity contribution < 1.29 is 32.9 Å². The number of nitrogens with zero attached hydrogens (tertiary/aromatic N) is 4. The Hall–Kier alpha value is -3.41. The number of fused-ring (bicyclic) bond motifs is 1. The molecule has 1 fully saturated rings. The van der Waals surface area contributed by atoms with Gasteiger partial charge in [0, 0.05) is 12.2 Å². The largest absolute Gasteiger partial charge is 0.507 e. The molecular weight excluding hydrogens is 407 g/mol. The van der Waals surface area contributed by atoms with Gasteiger partial charge in [0.15, 0.2) is 0 Å². The van der Waals surface area contributed by atoms with Gasteiger partial charge in [0.05, 0.1) is 29.9 Å². The van der Waals surface area contributed by atoms with Crippen LogP contribution in [0.2, 0.25) is 0 Å². The maximum Gasteiger partial charge on any atom is 0.416 e. The van der Waals surface area contributed by atoms with Gasteiger partial charge in [0.2, 0.25) is 5.95 Å². The number of hydrogen-bond donors (Lipinski definition) is 3. The summed E-state index contributed by atoms with van der Waals surface area (Å²) in [6.07, 6.45) is 0.378. The van der Waals surface area contributed by atoms with E-state index in [1.54, 1.807) is 4.40 Å². The molecule has 3 heterocycles. The predicted molar refractivity (Wildman–Crippen MR) is 99.0 cm³/mol. The number of phenolic OH excluding ortho intramolecular Hbond substituents is 1. The number of imidazole rings is 1. The van der Waals surface area contributed by atoms with Gasteiger partial charge >= 0.3 is 6.18 Å². The summed E-state index contributed by atoms with van der Waals surface area (Å²) in [5.41, 5.74) is -0.0335. The second kappa shape index (κ2) is 8.95.